The molecule has 0 saturated heterocycles. The monoisotopic (exact) mass is 814 g/mol. The molecule has 47 heavy (non-hydrogen) atoms. The number of rotatable bonds is 8. The van der Waals surface area contributed by atoms with E-state index in [0.29, 0.717) is 56.5 Å². The molecular formula is C35H23Br2Cl2FN2O4S. The maximum atomic E-state index is 14.2. The van der Waals surface area contributed by atoms with Crippen molar-refractivity contribution >= 4 is 84.1 Å². The molecule has 0 amide bonds. The number of carbonyl (C=O) groups excluding carboxylic acids is 1. The molecular weight excluding hydrogens is 794 g/mol. The topological polar surface area (TPSA) is 69.9 Å². The molecule has 6 rings (SSSR count). The van der Waals surface area contributed by atoms with Crippen LogP contribution in [0, 0.1) is 5.82 Å². The van der Waals surface area contributed by atoms with Gasteiger partial charge in [-0.25, -0.2) is 14.2 Å². The maximum Gasteiger partial charge on any atom is 0.338 e. The average Bonchev–Trinajstić information content (AvgIpc) is 3.35. The van der Waals surface area contributed by atoms with Gasteiger partial charge in [-0.3, -0.25) is 9.36 Å². The van der Waals surface area contributed by atoms with Crippen LogP contribution >= 0.6 is 66.4 Å². The smallest absolute Gasteiger partial charge is 0.338 e. The second-order valence-electron chi connectivity index (χ2n) is 10.3. The van der Waals surface area contributed by atoms with Crippen molar-refractivity contribution in [3.8, 4) is 5.75 Å². The van der Waals surface area contributed by atoms with Gasteiger partial charge in [0.25, 0.3) is 5.56 Å². The van der Waals surface area contributed by atoms with E-state index in [0.717, 1.165) is 5.56 Å². The molecule has 0 fully saturated rings. The lowest BCUT2D eigenvalue weighted by Gasteiger charge is -2.25. The van der Waals surface area contributed by atoms with Gasteiger partial charge in [-0.05, 0) is 92.4 Å². The van der Waals surface area contributed by atoms with Gasteiger partial charge >= 0.3 is 5.97 Å². The second kappa shape index (κ2) is 14.3. The third-order valence-electron chi connectivity index (χ3n) is 7.26. The van der Waals surface area contributed by atoms with Crippen molar-refractivity contribution in [1.29, 1.82) is 0 Å². The van der Waals surface area contributed by atoms with Gasteiger partial charge in [-0.1, -0.05) is 83.1 Å². The van der Waals surface area contributed by atoms with Crippen molar-refractivity contribution in [2.45, 2.75) is 19.6 Å². The number of hydrogen-bond donors (Lipinski definition) is 0. The van der Waals surface area contributed by atoms with E-state index in [1.54, 1.807) is 43.3 Å². The highest BCUT2D eigenvalue weighted by Gasteiger charge is 2.35. The van der Waals surface area contributed by atoms with Crippen LogP contribution in [0.1, 0.15) is 35.2 Å². The minimum atomic E-state index is -0.905. The zero-order valence-corrected chi connectivity index (χ0v) is 30.0. The predicted molar refractivity (Wildman–Crippen MR) is 190 cm³/mol. The van der Waals surface area contributed by atoms with Crippen molar-refractivity contribution in [1.82, 2.24) is 4.57 Å². The molecule has 4 aromatic carbocycles. The summed E-state index contributed by atoms with van der Waals surface area (Å²) in [6.07, 6.45) is 1.75. The summed E-state index contributed by atoms with van der Waals surface area (Å²) in [5.41, 5.74) is 2.92. The van der Waals surface area contributed by atoms with Gasteiger partial charge in [0.1, 0.15) is 18.2 Å². The molecule has 0 unspecified atom stereocenters. The third kappa shape index (κ3) is 7.03. The van der Waals surface area contributed by atoms with Crippen LogP contribution in [0.2, 0.25) is 10.0 Å². The molecule has 6 nitrogen and oxygen atoms in total. The normalized spacial score (nSPS) is 14.5. The summed E-state index contributed by atoms with van der Waals surface area (Å²) in [6.45, 7) is 2.05. The Morgan fingerprint density at radius 3 is 2.38 bits per heavy atom. The number of fused-ring (bicyclic) bond motifs is 1. The van der Waals surface area contributed by atoms with Crippen LogP contribution in [0.3, 0.4) is 0 Å². The molecule has 2 heterocycles. The summed E-state index contributed by atoms with van der Waals surface area (Å²) in [5, 5.41) is 1.03. The highest BCUT2D eigenvalue weighted by atomic mass is 79.9. The first kappa shape index (κ1) is 33.4. The van der Waals surface area contributed by atoms with Gasteiger partial charge in [-0.2, -0.15) is 0 Å². The van der Waals surface area contributed by atoms with E-state index in [2.05, 4.69) is 31.9 Å². The molecule has 1 aliphatic heterocycles. The molecule has 0 bridgehead atoms. The Morgan fingerprint density at radius 2 is 1.72 bits per heavy atom. The summed E-state index contributed by atoms with van der Waals surface area (Å²) in [6, 6.07) is 22.9. The zero-order valence-electron chi connectivity index (χ0n) is 24.5. The Morgan fingerprint density at radius 1 is 1.02 bits per heavy atom. The highest BCUT2D eigenvalue weighted by Crippen LogP contribution is 2.37. The fourth-order valence-electron chi connectivity index (χ4n) is 5.14. The average molecular weight is 817 g/mol. The number of thiazole rings is 1. The van der Waals surface area contributed by atoms with E-state index in [4.69, 9.17) is 37.7 Å². The molecule has 12 heteroatoms. The van der Waals surface area contributed by atoms with Crippen LogP contribution in [-0.2, 0) is 16.1 Å². The molecule has 0 radical (unpaired) electrons. The first-order chi connectivity index (χ1) is 22.6. The molecule has 0 aliphatic carbocycles. The van der Waals surface area contributed by atoms with E-state index in [-0.39, 0.29) is 24.3 Å². The lowest BCUT2D eigenvalue weighted by molar-refractivity contribution is -0.138. The first-order valence-corrected chi connectivity index (χ1v) is 17.4. The number of esters is 1. The molecule has 0 N–H and O–H groups in total. The molecule has 1 atom stereocenters. The van der Waals surface area contributed by atoms with Crippen molar-refractivity contribution in [2.24, 2.45) is 4.99 Å². The minimum absolute atomic E-state index is 0.126. The highest BCUT2D eigenvalue weighted by molar-refractivity contribution is 9.11. The number of hydrogen-bond acceptors (Lipinski definition) is 6. The van der Waals surface area contributed by atoms with Crippen molar-refractivity contribution in [2.75, 3.05) is 6.61 Å². The molecule has 0 spiro atoms. The van der Waals surface area contributed by atoms with E-state index < -0.39 is 17.8 Å². The van der Waals surface area contributed by atoms with Crippen LogP contribution in [0.5, 0.6) is 5.75 Å². The van der Waals surface area contributed by atoms with Gasteiger partial charge in [0.2, 0.25) is 0 Å². The summed E-state index contributed by atoms with van der Waals surface area (Å²) in [7, 11) is 0. The number of carbonyl (C=O) groups is 1. The Labute approximate surface area is 299 Å². The summed E-state index contributed by atoms with van der Waals surface area (Å²) < 4.78 is 28.7. The zero-order chi connectivity index (χ0) is 33.2. The number of halogens is 5. The fourth-order valence-corrected chi connectivity index (χ4v) is 8.06. The van der Waals surface area contributed by atoms with Gasteiger partial charge in [0.05, 0.1) is 37.4 Å². The Bertz CT molecular complexity index is 2200. The minimum Gasteiger partial charge on any atom is -0.486 e. The SMILES string of the molecule is CCOC(=O)C1=C(c2ccccc2)N=c2s/c(=C\c3cc(Br)c(OCc4ccc(Cl)cc4Cl)c(Br)c3)c(=O)n2[C@H]1c1ccc(F)cc1. The van der Waals surface area contributed by atoms with Crippen LogP contribution in [0.15, 0.2) is 109 Å². The van der Waals surface area contributed by atoms with Crippen LogP contribution in [0.25, 0.3) is 11.8 Å². The van der Waals surface area contributed by atoms with Gasteiger partial charge in [0, 0.05) is 21.2 Å². The lowest BCUT2D eigenvalue weighted by atomic mass is 9.93. The summed E-state index contributed by atoms with van der Waals surface area (Å²) >= 11 is 20.7. The molecule has 1 aromatic heterocycles. The number of nitrogens with zero attached hydrogens (tertiary/aromatic N) is 2. The van der Waals surface area contributed by atoms with Crippen LogP contribution < -0.4 is 19.6 Å². The summed E-state index contributed by atoms with van der Waals surface area (Å²) in [5.74, 6) is -0.495. The summed E-state index contributed by atoms with van der Waals surface area (Å²) in [4.78, 5) is 32.9. The fraction of sp³-hybridized carbons (Fsp3) is 0.114. The molecule has 238 valence electrons. The van der Waals surface area contributed by atoms with Crippen molar-refractivity contribution < 1.29 is 18.7 Å². The van der Waals surface area contributed by atoms with Crippen LogP contribution in [-0.4, -0.2) is 17.1 Å². The Kier molecular flexibility index (Phi) is 10.1. The van der Waals surface area contributed by atoms with Crippen LogP contribution in [0.4, 0.5) is 4.39 Å². The van der Waals surface area contributed by atoms with Crippen molar-refractivity contribution in [3.05, 3.63) is 157 Å². The second-order valence-corrected chi connectivity index (χ2v) is 13.9. The maximum absolute atomic E-state index is 14.2. The standard InChI is InChI=1S/C35H23Br2Cl2FN2O4S/c1-2-45-34(44)29-30(20-6-4-3-5-7-20)41-35-42(31(29)21-9-12-24(40)13-10-21)33(43)28(47-35)16-19-14-25(36)32(26(37)15-19)46-18-22-8-11-23(38)17-27(22)39/h3-17,31H,2,18H2,1H3/b28-16-/t31-/m0/s1. The third-order valence-corrected chi connectivity index (χ3v) is 10.0. The van der Waals surface area contributed by atoms with Crippen molar-refractivity contribution in [3.63, 3.8) is 0 Å². The number of aromatic nitrogens is 1. The molecule has 0 saturated carbocycles. The molecule has 5 aromatic rings. The molecule has 1 aliphatic rings. The Hall–Kier alpha value is -3.54. The number of ether oxygens (including phenoxy) is 2. The predicted octanol–water partition coefficient (Wildman–Crippen LogP) is 8.49. The quantitative estimate of drug-likeness (QED) is 0.148. The van der Waals surface area contributed by atoms with Gasteiger partial charge < -0.3 is 9.47 Å². The first-order valence-electron chi connectivity index (χ1n) is 14.2. The Balaban J connectivity index is 1.46. The van der Waals surface area contributed by atoms with E-state index in [9.17, 15) is 14.0 Å². The van der Waals surface area contributed by atoms with Gasteiger partial charge in [0.15, 0.2) is 4.80 Å². The van der Waals surface area contributed by atoms with E-state index >= 15 is 0 Å². The largest absolute Gasteiger partial charge is 0.486 e. The van der Waals surface area contributed by atoms with E-state index in [1.165, 1.54) is 28.0 Å². The lowest BCUT2D eigenvalue weighted by Crippen LogP contribution is -2.40. The van der Waals surface area contributed by atoms with E-state index in [1.807, 2.05) is 42.5 Å². The van der Waals surface area contributed by atoms with Gasteiger partial charge in [-0.15, -0.1) is 0 Å². The number of benzene rings is 4.